The van der Waals surface area contributed by atoms with Gasteiger partial charge in [-0.25, -0.2) is 18.6 Å². The molecule has 6 nitrogen and oxygen atoms in total. The van der Waals surface area contributed by atoms with Crippen molar-refractivity contribution in [2.45, 2.75) is 43.9 Å². The Labute approximate surface area is 166 Å². The van der Waals surface area contributed by atoms with Crippen LogP contribution in [0.4, 0.5) is 23.7 Å². The third-order valence-electron chi connectivity index (χ3n) is 5.94. The van der Waals surface area contributed by atoms with Crippen LogP contribution in [0.5, 0.6) is 0 Å². The van der Waals surface area contributed by atoms with Crippen molar-refractivity contribution in [1.82, 2.24) is 20.1 Å². The fourth-order valence-electron chi connectivity index (χ4n) is 4.29. The Morgan fingerprint density at radius 2 is 2.00 bits per heavy atom. The van der Waals surface area contributed by atoms with Gasteiger partial charge in [0.15, 0.2) is 5.82 Å². The summed E-state index contributed by atoms with van der Waals surface area (Å²) in [6, 6.07) is 2.25. The number of nitrogens with one attached hydrogen (secondary N) is 2. The van der Waals surface area contributed by atoms with Gasteiger partial charge in [0, 0.05) is 36.9 Å². The van der Waals surface area contributed by atoms with Crippen molar-refractivity contribution < 1.29 is 18.0 Å². The van der Waals surface area contributed by atoms with Crippen LogP contribution in [0, 0.1) is 17.6 Å². The topological polar surface area (TPSA) is 73.9 Å². The smallest absolute Gasteiger partial charge is 0.321 e. The monoisotopic (exact) mass is 407 g/mol. The molecule has 1 aromatic heterocycles. The van der Waals surface area contributed by atoms with E-state index in [0.717, 1.165) is 49.7 Å². The molecule has 0 spiro atoms. The van der Waals surface area contributed by atoms with Crippen LogP contribution < -0.4 is 5.32 Å². The lowest BCUT2D eigenvalue weighted by atomic mass is 9.89. The van der Waals surface area contributed by atoms with Gasteiger partial charge in [0.25, 0.3) is 0 Å². The molecule has 0 radical (unpaired) electrons. The number of H-pyrrole nitrogens is 1. The van der Waals surface area contributed by atoms with Gasteiger partial charge in [0.05, 0.1) is 12.4 Å². The van der Waals surface area contributed by atoms with Crippen LogP contribution in [-0.4, -0.2) is 45.9 Å². The van der Waals surface area contributed by atoms with E-state index in [2.05, 4.69) is 20.5 Å². The Kier molecular flexibility index (Phi) is 5.73. The molecule has 4 rings (SSSR count). The molecule has 1 aliphatic heterocycles. The minimum atomic E-state index is -0.732. The molecule has 2 amide bonds. The second-order valence-corrected chi connectivity index (χ2v) is 7.89. The summed E-state index contributed by atoms with van der Waals surface area (Å²) in [7, 11) is 0. The van der Waals surface area contributed by atoms with E-state index < -0.39 is 30.3 Å². The molecular formula is C20H24F3N5O. The Hall–Kier alpha value is -2.58. The molecule has 29 heavy (non-hydrogen) atoms. The van der Waals surface area contributed by atoms with Crippen LogP contribution in [0.25, 0.3) is 0 Å². The van der Waals surface area contributed by atoms with Crippen LogP contribution >= 0.6 is 0 Å². The van der Waals surface area contributed by atoms with Gasteiger partial charge < -0.3 is 10.2 Å². The Balaban J connectivity index is 1.45. The van der Waals surface area contributed by atoms with E-state index in [4.69, 9.17) is 0 Å². The number of anilines is 1. The van der Waals surface area contributed by atoms with Crippen molar-refractivity contribution in [2.75, 3.05) is 25.1 Å². The van der Waals surface area contributed by atoms with Crippen LogP contribution in [0.1, 0.15) is 55.6 Å². The third kappa shape index (κ3) is 4.23. The van der Waals surface area contributed by atoms with Crippen LogP contribution in [0.3, 0.4) is 0 Å². The normalized spacial score (nSPS) is 22.8. The highest BCUT2D eigenvalue weighted by Crippen LogP contribution is 2.34. The zero-order valence-corrected chi connectivity index (χ0v) is 16.0. The Morgan fingerprint density at radius 1 is 1.21 bits per heavy atom. The number of halogens is 3. The fourth-order valence-corrected chi connectivity index (χ4v) is 4.29. The third-order valence-corrected chi connectivity index (χ3v) is 5.94. The number of hydrogen-bond acceptors (Lipinski definition) is 3. The van der Waals surface area contributed by atoms with Crippen molar-refractivity contribution in [2.24, 2.45) is 5.92 Å². The quantitative estimate of drug-likeness (QED) is 0.792. The van der Waals surface area contributed by atoms with Gasteiger partial charge in [-0.2, -0.15) is 5.10 Å². The lowest BCUT2D eigenvalue weighted by Gasteiger charge is -2.18. The van der Waals surface area contributed by atoms with Crippen molar-refractivity contribution in [1.29, 1.82) is 0 Å². The standard InChI is InChI=1S/C20H24F3N5O/c21-9-13-10-28(20(29)24-17-8-14(22)6-7-16(17)23)11-15(13)19-25-18(26-27-19)12-4-2-1-3-5-12/h6-8,12-13,15H,1-5,9-11H2,(H,24,29)(H,25,26,27)/t13-,15-/m1/s1. The summed E-state index contributed by atoms with van der Waals surface area (Å²) in [6.45, 7) is -0.206. The summed E-state index contributed by atoms with van der Waals surface area (Å²) >= 11 is 0. The van der Waals surface area contributed by atoms with Gasteiger partial charge in [0.2, 0.25) is 0 Å². The number of amides is 2. The first-order valence-corrected chi connectivity index (χ1v) is 10.0. The largest absolute Gasteiger partial charge is 0.323 e. The molecule has 2 aliphatic rings. The van der Waals surface area contributed by atoms with Crippen molar-refractivity contribution in [3.05, 3.63) is 41.5 Å². The maximum Gasteiger partial charge on any atom is 0.321 e. The number of rotatable bonds is 4. The number of aromatic nitrogens is 3. The second-order valence-electron chi connectivity index (χ2n) is 7.89. The number of alkyl halides is 1. The zero-order chi connectivity index (χ0) is 20.4. The molecule has 1 aromatic carbocycles. The van der Waals surface area contributed by atoms with E-state index in [1.54, 1.807) is 0 Å². The summed E-state index contributed by atoms with van der Waals surface area (Å²) in [6.07, 6.45) is 5.67. The summed E-state index contributed by atoms with van der Waals surface area (Å²) in [5, 5.41) is 9.65. The molecule has 156 valence electrons. The van der Waals surface area contributed by atoms with E-state index in [0.29, 0.717) is 11.7 Å². The highest BCUT2D eigenvalue weighted by Gasteiger charge is 2.38. The van der Waals surface area contributed by atoms with Gasteiger partial charge in [-0.15, -0.1) is 0 Å². The zero-order valence-electron chi connectivity index (χ0n) is 16.0. The minimum absolute atomic E-state index is 0.170. The van der Waals surface area contributed by atoms with E-state index in [9.17, 15) is 18.0 Å². The Bertz CT molecular complexity index is 868. The molecule has 2 heterocycles. The van der Waals surface area contributed by atoms with Gasteiger partial charge >= 0.3 is 6.03 Å². The number of aromatic amines is 1. The maximum atomic E-state index is 13.8. The van der Waals surface area contributed by atoms with E-state index in [1.165, 1.54) is 11.3 Å². The lowest BCUT2D eigenvalue weighted by Crippen LogP contribution is -2.33. The number of carbonyl (C=O) groups excluding carboxylic acids is 1. The predicted octanol–water partition coefficient (Wildman–Crippen LogP) is 4.35. The Morgan fingerprint density at radius 3 is 2.76 bits per heavy atom. The first-order chi connectivity index (χ1) is 14.0. The molecule has 2 aromatic rings. The van der Waals surface area contributed by atoms with E-state index in [1.807, 2.05) is 0 Å². The molecule has 9 heteroatoms. The molecule has 1 saturated carbocycles. The number of carbonyl (C=O) groups is 1. The predicted molar refractivity (Wildman–Crippen MR) is 101 cm³/mol. The molecule has 1 aliphatic carbocycles. The molecule has 1 saturated heterocycles. The fraction of sp³-hybridized carbons (Fsp3) is 0.550. The van der Waals surface area contributed by atoms with Crippen LogP contribution in [-0.2, 0) is 0 Å². The summed E-state index contributed by atoms with van der Waals surface area (Å²) in [5.74, 6) is -0.445. The van der Waals surface area contributed by atoms with Crippen LogP contribution in [0.15, 0.2) is 18.2 Å². The van der Waals surface area contributed by atoms with E-state index in [-0.39, 0.29) is 24.7 Å². The molecule has 2 N–H and O–H groups in total. The average Bonchev–Trinajstić information content (AvgIpc) is 3.38. The summed E-state index contributed by atoms with van der Waals surface area (Å²) < 4.78 is 40.8. The number of likely N-dealkylation sites (tertiary alicyclic amines) is 1. The molecule has 0 unspecified atom stereocenters. The van der Waals surface area contributed by atoms with Gasteiger partial charge in [-0.3, -0.25) is 9.49 Å². The van der Waals surface area contributed by atoms with Gasteiger partial charge in [0.1, 0.15) is 17.5 Å². The van der Waals surface area contributed by atoms with Crippen molar-refractivity contribution >= 4 is 11.7 Å². The van der Waals surface area contributed by atoms with E-state index >= 15 is 0 Å². The highest BCUT2D eigenvalue weighted by molar-refractivity contribution is 5.89. The number of nitrogens with zero attached hydrogens (tertiary/aromatic N) is 3. The van der Waals surface area contributed by atoms with Crippen molar-refractivity contribution in [3.63, 3.8) is 0 Å². The number of urea groups is 1. The molecule has 2 atom stereocenters. The molecular weight excluding hydrogens is 383 g/mol. The number of benzene rings is 1. The number of hydrogen-bond donors (Lipinski definition) is 2. The van der Waals surface area contributed by atoms with Gasteiger partial charge in [-0.1, -0.05) is 19.3 Å². The first-order valence-electron chi connectivity index (χ1n) is 10.0. The minimum Gasteiger partial charge on any atom is -0.323 e. The average molecular weight is 407 g/mol. The van der Waals surface area contributed by atoms with Crippen LogP contribution in [0.2, 0.25) is 0 Å². The summed E-state index contributed by atoms with van der Waals surface area (Å²) in [4.78, 5) is 18.5. The molecule has 0 bridgehead atoms. The maximum absolute atomic E-state index is 13.8. The highest BCUT2D eigenvalue weighted by atomic mass is 19.1. The summed E-state index contributed by atoms with van der Waals surface area (Å²) in [5.41, 5.74) is -0.241. The lowest BCUT2D eigenvalue weighted by molar-refractivity contribution is 0.219. The molecule has 2 fully saturated rings. The second kappa shape index (κ2) is 8.42. The van der Waals surface area contributed by atoms with Gasteiger partial charge in [-0.05, 0) is 25.0 Å². The SMILES string of the molecule is O=C(Nc1cc(F)ccc1F)N1C[C@@H](CF)[C@H](c2nc(C3CCCCC3)n[nH]2)C1. The first kappa shape index (κ1) is 19.7. The van der Waals surface area contributed by atoms with Crippen molar-refractivity contribution in [3.8, 4) is 0 Å².